The van der Waals surface area contributed by atoms with Gasteiger partial charge in [0.05, 0.1) is 10.1 Å². The molecule has 0 amide bonds. The van der Waals surface area contributed by atoms with Gasteiger partial charge >= 0.3 is 27.7 Å². The Bertz CT molecular complexity index is 115. The van der Waals surface area contributed by atoms with Gasteiger partial charge in [0.1, 0.15) is 0 Å². The smallest absolute Gasteiger partial charge is 0.748 e. The molecular weight excluding hydrogens is 305 g/mol. The van der Waals surface area contributed by atoms with E-state index in [0.717, 1.165) is 0 Å². The minimum atomic E-state index is -3.91. The molecule has 39 valence electrons. The Morgan fingerprint density at radius 2 is 1.71 bits per heavy atom. The maximum Gasteiger partial charge on any atom is 1.00 e. The average molecular weight is 310 g/mol. The molecule has 0 aromatic rings. The van der Waals surface area contributed by atoms with Crippen molar-refractivity contribution in [1.29, 1.82) is 0 Å². The summed E-state index contributed by atoms with van der Waals surface area (Å²) in [5.74, 6) is -0.312. The molecule has 0 aliphatic rings. The summed E-state index contributed by atoms with van der Waals surface area (Å²) in [4.78, 5) is 0. The van der Waals surface area contributed by atoms with Crippen LogP contribution in [0.25, 0.3) is 0 Å². The molecule has 3 nitrogen and oxygen atoms in total. The van der Waals surface area contributed by atoms with E-state index in [9.17, 15) is 13.0 Å². The molecule has 0 unspecified atom stereocenters. The van der Waals surface area contributed by atoms with E-state index in [4.69, 9.17) is 0 Å². The number of hydrogen-bond acceptors (Lipinski definition) is 3. The Labute approximate surface area is 63.4 Å². The fourth-order valence-electron chi connectivity index (χ4n) is 0. The van der Waals surface area contributed by atoms with E-state index in [1.54, 1.807) is 0 Å². The fourth-order valence-corrected chi connectivity index (χ4v) is 0. The molecule has 0 saturated heterocycles. The van der Waals surface area contributed by atoms with E-state index >= 15 is 0 Å². The molecule has 5 heteroatoms. The van der Waals surface area contributed by atoms with Gasteiger partial charge in [0.2, 0.25) is 0 Å². The molecule has 0 aromatic carbocycles. The molecule has 0 aliphatic heterocycles. The van der Waals surface area contributed by atoms with Crippen LogP contribution in [-0.4, -0.2) is 18.7 Å². The van der Waals surface area contributed by atoms with Crippen LogP contribution < -0.4 is 0 Å². The van der Waals surface area contributed by atoms with Crippen molar-refractivity contribution >= 4 is 10.1 Å². The van der Waals surface area contributed by atoms with Crippen molar-refractivity contribution in [3.8, 4) is 0 Å². The van der Waals surface area contributed by atoms with Gasteiger partial charge in [-0.3, -0.25) is 0 Å². The van der Waals surface area contributed by atoms with Crippen molar-refractivity contribution in [2.45, 2.75) is 6.92 Å². The first-order chi connectivity index (χ1) is 2.56. The van der Waals surface area contributed by atoms with Gasteiger partial charge in [-0.2, -0.15) is 0 Å². The van der Waals surface area contributed by atoms with Gasteiger partial charge in [0.15, 0.2) is 0 Å². The largest absolute Gasteiger partial charge is 1.00 e. The van der Waals surface area contributed by atoms with E-state index in [1.807, 2.05) is 0 Å². The zero-order valence-corrected chi connectivity index (χ0v) is 10.4. The van der Waals surface area contributed by atoms with Gasteiger partial charge in [0.25, 0.3) is 0 Å². The molecule has 0 bridgehead atoms. The Balaban J connectivity index is 0. The SMILES string of the molecule is CCS(=O)(=O)[O-].[Hg+]. The third-order valence-electron chi connectivity index (χ3n) is 0.354. The van der Waals surface area contributed by atoms with Crippen molar-refractivity contribution in [2.75, 3.05) is 5.75 Å². The van der Waals surface area contributed by atoms with Gasteiger partial charge in [-0.15, -0.1) is 0 Å². The van der Waals surface area contributed by atoms with Gasteiger partial charge in [-0.1, -0.05) is 6.92 Å². The molecule has 0 aromatic heterocycles. The van der Waals surface area contributed by atoms with Gasteiger partial charge < -0.3 is 4.55 Å². The molecule has 0 saturated carbocycles. The topological polar surface area (TPSA) is 57.2 Å². The maximum atomic E-state index is 9.44. The molecule has 0 aliphatic carbocycles. The van der Waals surface area contributed by atoms with Crippen LogP contribution in [0.5, 0.6) is 0 Å². The fraction of sp³-hybridized carbons (Fsp3) is 1.00. The third kappa shape index (κ3) is 10.9. The summed E-state index contributed by atoms with van der Waals surface area (Å²) < 4.78 is 28.3. The zero-order valence-electron chi connectivity index (χ0n) is 4.05. The second-order valence-electron chi connectivity index (χ2n) is 0.846. The second kappa shape index (κ2) is 3.80. The minimum absolute atomic E-state index is 0. The van der Waals surface area contributed by atoms with Crippen molar-refractivity contribution in [3.63, 3.8) is 0 Å². The first-order valence-electron chi connectivity index (χ1n) is 1.50. The van der Waals surface area contributed by atoms with E-state index in [1.165, 1.54) is 6.92 Å². The molecular formula is C2H5HgO3S. The average Bonchev–Trinajstić information content (AvgIpc) is 1.35. The molecule has 7 heavy (non-hydrogen) atoms. The van der Waals surface area contributed by atoms with Gasteiger partial charge in [-0.25, -0.2) is 8.42 Å². The van der Waals surface area contributed by atoms with Crippen LogP contribution in [0.2, 0.25) is 0 Å². The van der Waals surface area contributed by atoms with Gasteiger partial charge in [0, 0.05) is 5.75 Å². The minimum Gasteiger partial charge on any atom is -0.748 e. The maximum absolute atomic E-state index is 9.44. The standard InChI is InChI=1S/C2H6O3S.Hg/c1-2-6(3,4)5;/h2H2,1H3,(H,3,4,5);/q;+1/p-1. The van der Waals surface area contributed by atoms with E-state index < -0.39 is 10.1 Å². The summed E-state index contributed by atoms with van der Waals surface area (Å²) in [5.41, 5.74) is 0. The summed E-state index contributed by atoms with van der Waals surface area (Å²) in [7, 11) is -3.91. The normalized spacial score (nSPS) is 10.0. The molecule has 0 fully saturated rings. The predicted octanol–water partition coefficient (Wildman–Crippen LogP) is -0.451. The first kappa shape index (κ1) is 10.8. The Morgan fingerprint density at radius 1 is 1.57 bits per heavy atom. The van der Waals surface area contributed by atoms with Crippen molar-refractivity contribution < 1.29 is 40.6 Å². The first-order valence-corrected chi connectivity index (χ1v) is 3.07. The summed E-state index contributed by atoms with van der Waals surface area (Å²) in [6.45, 7) is 1.31. The molecule has 0 rings (SSSR count). The third-order valence-corrected chi connectivity index (χ3v) is 1.06. The van der Waals surface area contributed by atoms with Crippen LogP contribution in [0.1, 0.15) is 6.92 Å². The van der Waals surface area contributed by atoms with Crippen LogP contribution >= 0.6 is 0 Å². The summed E-state index contributed by atoms with van der Waals surface area (Å²) in [6, 6.07) is 0. The summed E-state index contributed by atoms with van der Waals surface area (Å²) in [5, 5.41) is 0. The van der Waals surface area contributed by atoms with Crippen LogP contribution in [0.4, 0.5) is 0 Å². The quantitative estimate of drug-likeness (QED) is 0.487. The Kier molecular flexibility index (Phi) is 5.84. The number of rotatable bonds is 1. The van der Waals surface area contributed by atoms with E-state index in [0.29, 0.717) is 0 Å². The second-order valence-corrected chi connectivity index (χ2v) is 2.54. The molecule has 0 heterocycles. The van der Waals surface area contributed by atoms with Crippen LogP contribution in [0.3, 0.4) is 0 Å². The van der Waals surface area contributed by atoms with Crippen molar-refractivity contribution in [2.24, 2.45) is 0 Å². The Hall–Kier alpha value is 0.845. The molecule has 0 N–H and O–H groups in total. The van der Waals surface area contributed by atoms with Crippen LogP contribution in [0.15, 0.2) is 0 Å². The van der Waals surface area contributed by atoms with E-state index in [2.05, 4.69) is 0 Å². The van der Waals surface area contributed by atoms with Crippen LogP contribution in [-0.2, 0) is 37.8 Å². The zero-order chi connectivity index (χ0) is 5.21. The van der Waals surface area contributed by atoms with Crippen LogP contribution in [0, 0.1) is 0 Å². The number of hydrogen-bond donors (Lipinski definition) is 0. The summed E-state index contributed by atoms with van der Waals surface area (Å²) >= 11 is 0. The summed E-state index contributed by atoms with van der Waals surface area (Å²) in [6.07, 6.45) is 0. The van der Waals surface area contributed by atoms with E-state index in [-0.39, 0.29) is 33.4 Å². The Morgan fingerprint density at radius 3 is 1.71 bits per heavy atom. The molecule has 0 atom stereocenters. The van der Waals surface area contributed by atoms with Gasteiger partial charge in [-0.05, 0) is 0 Å². The molecule has 0 spiro atoms. The van der Waals surface area contributed by atoms with Crippen molar-refractivity contribution in [3.05, 3.63) is 0 Å². The monoisotopic (exact) mass is 311 g/mol. The predicted molar refractivity (Wildman–Crippen MR) is 20.2 cm³/mol. The molecule has 1 radical (unpaired) electrons. The van der Waals surface area contributed by atoms with Crippen molar-refractivity contribution in [1.82, 2.24) is 0 Å².